The van der Waals surface area contributed by atoms with Crippen molar-refractivity contribution in [2.24, 2.45) is 5.14 Å². The maximum Gasteiger partial charge on any atom is 0.264 e. The van der Waals surface area contributed by atoms with Gasteiger partial charge >= 0.3 is 0 Å². The van der Waals surface area contributed by atoms with Crippen molar-refractivity contribution in [3.63, 3.8) is 0 Å². The Hall–Kier alpha value is -3.28. The van der Waals surface area contributed by atoms with E-state index in [1.165, 1.54) is 4.31 Å². The summed E-state index contributed by atoms with van der Waals surface area (Å²) in [4.78, 5) is 16.9. The quantitative estimate of drug-likeness (QED) is 0.437. The summed E-state index contributed by atoms with van der Waals surface area (Å²) in [5.41, 5.74) is 3.48. The lowest BCUT2D eigenvalue weighted by Gasteiger charge is -2.36. The normalized spacial score (nSPS) is 15.6. The van der Waals surface area contributed by atoms with Crippen LogP contribution in [-0.2, 0) is 24.8 Å². The molecule has 1 aliphatic rings. The van der Waals surface area contributed by atoms with E-state index in [9.17, 15) is 21.6 Å². The molecule has 0 aliphatic carbocycles. The summed E-state index contributed by atoms with van der Waals surface area (Å²) in [6.07, 6.45) is -0.530. The number of sulfonamides is 2. The Morgan fingerprint density at radius 1 is 1.03 bits per heavy atom. The third kappa shape index (κ3) is 6.54. The fourth-order valence-corrected chi connectivity index (χ4v) is 6.28. The van der Waals surface area contributed by atoms with Crippen molar-refractivity contribution >= 4 is 31.5 Å². The standard InChI is InChI=1S/C26H29N3O6S2/c1-18-5-3-7-23(15-18)37(33,34)29-17-22(11-10-21(30)13-14-36(27,31)32)35-26-12-9-20(16-25(26)29)24-8-4-6-19(2)28-24/h3-9,12,15-16,22H,10-11,13-14,17H2,1-2H3,(H2,27,31,32)/t22-/m0/s1. The van der Waals surface area contributed by atoms with Gasteiger partial charge in [0.15, 0.2) is 0 Å². The Labute approximate surface area is 217 Å². The molecular formula is C26H29N3O6S2. The molecule has 9 nitrogen and oxygen atoms in total. The minimum Gasteiger partial charge on any atom is -0.486 e. The van der Waals surface area contributed by atoms with Crippen molar-refractivity contribution in [2.75, 3.05) is 16.6 Å². The first-order valence-corrected chi connectivity index (χ1v) is 14.9. The summed E-state index contributed by atoms with van der Waals surface area (Å²) in [7, 11) is -7.69. The summed E-state index contributed by atoms with van der Waals surface area (Å²) in [6, 6.07) is 17.6. The van der Waals surface area contributed by atoms with Gasteiger partial charge in [-0.05, 0) is 68.3 Å². The van der Waals surface area contributed by atoms with Crippen LogP contribution in [-0.4, -0.2) is 46.0 Å². The number of benzene rings is 2. The molecule has 0 bridgehead atoms. The van der Waals surface area contributed by atoms with Crippen LogP contribution in [0.2, 0.25) is 0 Å². The molecule has 0 saturated heterocycles. The topological polar surface area (TPSA) is 137 Å². The van der Waals surface area contributed by atoms with Crippen molar-refractivity contribution in [3.05, 3.63) is 71.9 Å². The van der Waals surface area contributed by atoms with Gasteiger partial charge in [0.05, 0.1) is 28.6 Å². The van der Waals surface area contributed by atoms with Crippen LogP contribution in [0.4, 0.5) is 5.69 Å². The van der Waals surface area contributed by atoms with Crippen LogP contribution in [0.25, 0.3) is 11.3 Å². The van der Waals surface area contributed by atoms with Gasteiger partial charge in [-0.2, -0.15) is 0 Å². The van der Waals surface area contributed by atoms with E-state index in [4.69, 9.17) is 9.88 Å². The van der Waals surface area contributed by atoms with E-state index in [-0.39, 0.29) is 36.5 Å². The van der Waals surface area contributed by atoms with Crippen molar-refractivity contribution in [2.45, 2.75) is 44.1 Å². The number of carbonyl (C=O) groups is 1. The number of ether oxygens (including phenoxy) is 1. The Morgan fingerprint density at radius 2 is 1.78 bits per heavy atom. The molecule has 1 aliphatic heterocycles. The molecular weight excluding hydrogens is 514 g/mol. The number of nitrogens with zero attached hydrogens (tertiary/aromatic N) is 2. The lowest BCUT2D eigenvalue weighted by molar-refractivity contribution is -0.119. The first-order valence-electron chi connectivity index (χ1n) is 11.8. The van der Waals surface area contributed by atoms with Gasteiger partial charge in [-0.3, -0.25) is 14.1 Å². The highest BCUT2D eigenvalue weighted by atomic mass is 32.2. The van der Waals surface area contributed by atoms with Gasteiger partial charge in [0.2, 0.25) is 10.0 Å². The predicted molar refractivity (Wildman–Crippen MR) is 141 cm³/mol. The van der Waals surface area contributed by atoms with Gasteiger partial charge in [0.1, 0.15) is 17.6 Å². The molecule has 0 unspecified atom stereocenters. The highest BCUT2D eigenvalue weighted by molar-refractivity contribution is 7.92. The largest absolute Gasteiger partial charge is 0.486 e. The Bertz CT molecular complexity index is 1540. The van der Waals surface area contributed by atoms with Crippen LogP contribution in [0.1, 0.15) is 30.5 Å². The molecule has 0 saturated carbocycles. The van der Waals surface area contributed by atoms with Crippen molar-refractivity contribution in [1.82, 2.24) is 4.98 Å². The van der Waals surface area contributed by atoms with Crippen LogP contribution >= 0.6 is 0 Å². The number of nitrogens with two attached hydrogens (primary N) is 1. The lowest BCUT2D eigenvalue weighted by Crippen LogP contribution is -2.43. The second-order valence-electron chi connectivity index (χ2n) is 9.13. The third-order valence-electron chi connectivity index (χ3n) is 6.06. The monoisotopic (exact) mass is 543 g/mol. The van der Waals surface area contributed by atoms with E-state index in [1.54, 1.807) is 30.3 Å². The molecule has 4 rings (SSSR count). The van der Waals surface area contributed by atoms with Crippen LogP contribution in [0, 0.1) is 13.8 Å². The molecule has 1 atom stereocenters. The van der Waals surface area contributed by atoms with Crippen molar-refractivity contribution in [1.29, 1.82) is 0 Å². The number of Topliss-reactive ketones (excluding diaryl/α,β-unsaturated/α-hetero) is 1. The Morgan fingerprint density at radius 3 is 2.49 bits per heavy atom. The first kappa shape index (κ1) is 26.8. The number of ketones is 1. The number of hydrogen-bond donors (Lipinski definition) is 1. The van der Waals surface area contributed by atoms with Crippen LogP contribution in [0.5, 0.6) is 5.75 Å². The summed E-state index contributed by atoms with van der Waals surface area (Å²) in [5, 5.41) is 4.99. The molecule has 1 aromatic heterocycles. The van der Waals surface area contributed by atoms with E-state index in [1.807, 2.05) is 44.2 Å². The molecule has 0 amide bonds. The van der Waals surface area contributed by atoms with Crippen LogP contribution < -0.4 is 14.2 Å². The van der Waals surface area contributed by atoms with Crippen LogP contribution in [0.3, 0.4) is 0 Å². The highest BCUT2D eigenvalue weighted by Crippen LogP contribution is 2.40. The van der Waals surface area contributed by atoms with Crippen LogP contribution in [0.15, 0.2) is 65.6 Å². The minimum absolute atomic E-state index is 0.00353. The molecule has 37 heavy (non-hydrogen) atoms. The van der Waals surface area contributed by atoms with Gasteiger partial charge in [-0.1, -0.05) is 18.2 Å². The average molecular weight is 544 g/mol. The molecule has 2 N–H and O–H groups in total. The van der Waals surface area contributed by atoms with E-state index >= 15 is 0 Å². The number of aryl methyl sites for hydroxylation is 2. The molecule has 0 spiro atoms. The lowest BCUT2D eigenvalue weighted by atomic mass is 10.1. The maximum atomic E-state index is 13.8. The van der Waals surface area contributed by atoms with Gasteiger partial charge in [-0.25, -0.2) is 22.0 Å². The fourth-order valence-electron chi connectivity index (χ4n) is 4.16. The molecule has 196 valence electrons. The smallest absolute Gasteiger partial charge is 0.264 e. The van der Waals surface area contributed by atoms with E-state index in [2.05, 4.69) is 4.98 Å². The Balaban J connectivity index is 1.67. The van der Waals surface area contributed by atoms with E-state index in [0.29, 0.717) is 17.1 Å². The molecule has 0 radical (unpaired) electrons. The van der Waals surface area contributed by atoms with Gasteiger partial charge in [0, 0.05) is 24.1 Å². The molecule has 3 aromatic rings. The number of aromatic nitrogens is 1. The van der Waals surface area contributed by atoms with Crippen molar-refractivity contribution < 1.29 is 26.4 Å². The Kier molecular flexibility index (Phi) is 7.67. The van der Waals surface area contributed by atoms with Gasteiger partial charge in [0.25, 0.3) is 10.0 Å². The zero-order valence-corrected chi connectivity index (χ0v) is 22.3. The first-order chi connectivity index (χ1) is 17.4. The van der Waals surface area contributed by atoms with E-state index < -0.39 is 31.9 Å². The number of carbonyl (C=O) groups excluding carboxylic acids is 1. The summed E-state index contributed by atoms with van der Waals surface area (Å²) >= 11 is 0. The number of fused-ring (bicyclic) bond motifs is 1. The molecule has 2 heterocycles. The average Bonchev–Trinajstić information content (AvgIpc) is 2.85. The number of primary sulfonamides is 1. The second kappa shape index (κ2) is 10.6. The number of anilines is 1. The zero-order chi connectivity index (χ0) is 26.8. The summed E-state index contributed by atoms with van der Waals surface area (Å²) in [6.45, 7) is 3.70. The minimum atomic E-state index is -3.95. The molecule has 0 fully saturated rings. The van der Waals surface area contributed by atoms with Crippen molar-refractivity contribution in [3.8, 4) is 17.0 Å². The number of pyridine rings is 1. The highest BCUT2D eigenvalue weighted by Gasteiger charge is 2.35. The summed E-state index contributed by atoms with van der Waals surface area (Å²) in [5.74, 6) is -0.331. The molecule has 11 heteroatoms. The van der Waals surface area contributed by atoms with E-state index in [0.717, 1.165) is 16.8 Å². The second-order valence-corrected chi connectivity index (χ2v) is 12.7. The molecule has 2 aromatic carbocycles. The van der Waals surface area contributed by atoms with Gasteiger partial charge < -0.3 is 4.74 Å². The SMILES string of the molecule is Cc1cccc(S(=O)(=O)N2C[C@H](CCC(=O)CCS(N)(=O)=O)Oc3ccc(-c4cccc(C)n4)cc32)c1. The van der Waals surface area contributed by atoms with Gasteiger partial charge in [-0.15, -0.1) is 0 Å². The number of rotatable bonds is 9. The zero-order valence-electron chi connectivity index (χ0n) is 20.6. The summed E-state index contributed by atoms with van der Waals surface area (Å²) < 4.78 is 57.4. The fraction of sp³-hybridized carbons (Fsp3) is 0.308. The number of hydrogen-bond acceptors (Lipinski definition) is 7. The predicted octanol–water partition coefficient (Wildman–Crippen LogP) is 3.35. The third-order valence-corrected chi connectivity index (χ3v) is 8.61. The maximum absolute atomic E-state index is 13.8.